The minimum absolute atomic E-state index is 0.778. The molecule has 19 heavy (non-hydrogen) atoms. The molecule has 1 aromatic heterocycles. The summed E-state index contributed by atoms with van der Waals surface area (Å²) in [5.41, 5.74) is 2.33. The van der Waals surface area contributed by atoms with Gasteiger partial charge in [0.25, 0.3) is 0 Å². The average molecular weight is 258 g/mol. The van der Waals surface area contributed by atoms with E-state index in [-0.39, 0.29) is 0 Å². The molecule has 0 saturated heterocycles. The van der Waals surface area contributed by atoms with Crippen molar-refractivity contribution in [3.05, 3.63) is 35.6 Å². The zero-order valence-corrected chi connectivity index (χ0v) is 11.8. The summed E-state index contributed by atoms with van der Waals surface area (Å²) in [6.45, 7) is 5.14. The molecule has 0 radical (unpaired) electrons. The minimum Gasteiger partial charge on any atom is -0.459 e. The lowest BCUT2D eigenvalue weighted by Crippen LogP contribution is -2.25. The standard InChI is InChI=1S/C16H22N2O/c1-3-18(12-8-9-12)11-16-14(10-17-2)13-6-4-5-7-15(13)19-16/h4-7,12,17H,3,8-11H2,1-2H3. The first-order chi connectivity index (χ1) is 9.33. The Labute approximate surface area is 114 Å². The van der Waals surface area contributed by atoms with E-state index in [0.717, 1.165) is 37.0 Å². The number of benzene rings is 1. The van der Waals surface area contributed by atoms with Crippen LogP contribution in [0.5, 0.6) is 0 Å². The smallest absolute Gasteiger partial charge is 0.134 e. The van der Waals surface area contributed by atoms with Crippen molar-refractivity contribution in [2.24, 2.45) is 0 Å². The molecule has 3 nitrogen and oxygen atoms in total. The van der Waals surface area contributed by atoms with Gasteiger partial charge in [-0.25, -0.2) is 0 Å². The molecule has 0 atom stereocenters. The van der Waals surface area contributed by atoms with Gasteiger partial charge in [0.1, 0.15) is 11.3 Å². The fourth-order valence-corrected chi connectivity index (χ4v) is 2.77. The number of hydrogen-bond donors (Lipinski definition) is 1. The third-order valence-corrected chi connectivity index (χ3v) is 3.95. The Morgan fingerprint density at radius 3 is 2.79 bits per heavy atom. The van der Waals surface area contributed by atoms with E-state index >= 15 is 0 Å². The second-order valence-electron chi connectivity index (χ2n) is 5.32. The molecular weight excluding hydrogens is 236 g/mol. The summed E-state index contributed by atoms with van der Waals surface area (Å²) in [6.07, 6.45) is 2.69. The largest absolute Gasteiger partial charge is 0.459 e. The van der Waals surface area contributed by atoms with Crippen molar-refractivity contribution >= 4 is 11.0 Å². The van der Waals surface area contributed by atoms with E-state index in [1.165, 1.54) is 23.8 Å². The molecule has 1 aromatic carbocycles. The van der Waals surface area contributed by atoms with Crippen molar-refractivity contribution in [1.29, 1.82) is 0 Å². The van der Waals surface area contributed by atoms with Gasteiger partial charge in [0.15, 0.2) is 0 Å². The number of furan rings is 1. The van der Waals surface area contributed by atoms with Crippen molar-refractivity contribution < 1.29 is 4.42 Å². The van der Waals surface area contributed by atoms with Gasteiger partial charge in [-0.15, -0.1) is 0 Å². The summed E-state index contributed by atoms with van der Waals surface area (Å²) in [6, 6.07) is 9.12. The van der Waals surface area contributed by atoms with Gasteiger partial charge in [-0.05, 0) is 32.5 Å². The number of para-hydroxylation sites is 1. The monoisotopic (exact) mass is 258 g/mol. The highest BCUT2D eigenvalue weighted by atomic mass is 16.3. The average Bonchev–Trinajstić information content (AvgIpc) is 3.21. The Morgan fingerprint density at radius 2 is 2.11 bits per heavy atom. The first-order valence-corrected chi connectivity index (χ1v) is 7.21. The van der Waals surface area contributed by atoms with Crippen molar-refractivity contribution in [2.75, 3.05) is 13.6 Å². The Balaban J connectivity index is 1.94. The number of nitrogens with zero attached hydrogens (tertiary/aromatic N) is 1. The summed E-state index contributed by atoms with van der Waals surface area (Å²) < 4.78 is 6.08. The van der Waals surface area contributed by atoms with Crippen LogP contribution in [-0.4, -0.2) is 24.5 Å². The molecule has 102 valence electrons. The van der Waals surface area contributed by atoms with Crippen LogP contribution in [-0.2, 0) is 13.1 Å². The number of rotatable bonds is 6. The summed E-state index contributed by atoms with van der Waals surface area (Å²) in [5.74, 6) is 1.13. The van der Waals surface area contributed by atoms with Gasteiger partial charge in [-0.1, -0.05) is 25.1 Å². The van der Waals surface area contributed by atoms with Crippen LogP contribution in [0.2, 0.25) is 0 Å². The molecule has 0 bridgehead atoms. The van der Waals surface area contributed by atoms with E-state index in [1.54, 1.807) is 0 Å². The normalized spacial score (nSPS) is 15.5. The molecule has 0 unspecified atom stereocenters. The van der Waals surface area contributed by atoms with Crippen LogP contribution in [0.4, 0.5) is 0 Å². The molecule has 1 aliphatic carbocycles. The maximum Gasteiger partial charge on any atom is 0.134 e. The highest BCUT2D eigenvalue weighted by Gasteiger charge is 2.29. The van der Waals surface area contributed by atoms with Crippen LogP contribution >= 0.6 is 0 Å². The van der Waals surface area contributed by atoms with E-state index in [4.69, 9.17) is 4.42 Å². The van der Waals surface area contributed by atoms with Gasteiger partial charge in [-0.3, -0.25) is 4.90 Å². The molecule has 1 saturated carbocycles. The maximum absolute atomic E-state index is 6.08. The molecule has 1 heterocycles. The molecule has 0 aliphatic heterocycles. The Hall–Kier alpha value is -1.32. The third-order valence-electron chi connectivity index (χ3n) is 3.95. The van der Waals surface area contributed by atoms with E-state index in [2.05, 4.69) is 35.3 Å². The molecule has 2 aromatic rings. The lowest BCUT2D eigenvalue weighted by atomic mass is 10.1. The maximum atomic E-state index is 6.08. The lowest BCUT2D eigenvalue weighted by Gasteiger charge is -2.18. The van der Waals surface area contributed by atoms with Gasteiger partial charge in [-0.2, -0.15) is 0 Å². The van der Waals surface area contributed by atoms with Crippen LogP contribution in [0.25, 0.3) is 11.0 Å². The quantitative estimate of drug-likeness (QED) is 0.863. The Bertz CT molecular complexity index is 557. The zero-order chi connectivity index (χ0) is 13.2. The fraction of sp³-hybridized carbons (Fsp3) is 0.500. The Kier molecular flexibility index (Phi) is 3.58. The van der Waals surface area contributed by atoms with Crippen LogP contribution in [0, 0.1) is 0 Å². The molecule has 0 spiro atoms. The molecule has 3 rings (SSSR count). The highest BCUT2D eigenvalue weighted by molar-refractivity contribution is 5.82. The summed E-state index contributed by atoms with van der Waals surface area (Å²) in [7, 11) is 1.99. The fourth-order valence-electron chi connectivity index (χ4n) is 2.77. The van der Waals surface area contributed by atoms with Crippen molar-refractivity contribution in [3.8, 4) is 0 Å². The van der Waals surface area contributed by atoms with Gasteiger partial charge >= 0.3 is 0 Å². The van der Waals surface area contributed by atoms with Gasteiger partial charge in [0, 0.05) is 23.5 Å². The summed E-state index contributed by atoms with van der Waals surface area (Å²) >= 11 is 0. The first kappa shape index (κ1) is 12.7. The summed E-state index contributed by atoms with van der Waals surface area (Å²) in [4.78, 5) is 2.52. The molecule has 1 N–H and O–H groups in total. The van der Waals surface area contributed by atoms with Gasteiger partial charge in [0.05, 0.1) is 6.54 Å². The van der Waals surface area contributed by atoms with Crippen molar-refractivity contribution in [1.82, 2.24) is 10.2 Å². The van der Waals surface area contributed by atoms with Gasteiger partial charge in [0.2, 0.25) is 0 Å². The molecular formula is C16H22N2O. The molecule has 0 amide bonds. The topological polar surface area (TPSA) is 28.4 Å². The minimum atomic E-state index is 0.778. The molecule has 1 aliphatic rings. The van der Waals surface area contributed by atoms with Crippen molar-refractivity contribution in [2.45, 2.75) is 38.9 Å². The van der Waals surface area contributed by atoms with Gasteiger partial charge < -0.3 is 9.73 Å². The predicted molar refractivity (Wildman–Crippen MR) is 78.1 cm³/mol. The molecule has 3 heteroatoms. The van der Waals surface area contributed by atoms with E-state index in [0.29, 0.717) is 0 Å². The first-order valence-electron chi connectivity index (χ1n) is 7.21. The van der Waals surface area contributed by atoms with Crippen LogP contribution in [0.3, 0.4) is 0 Å². The second kappa shape index (κ2) is 5.35. The van der Waals surface area contributed by atoms with Crippen molar-refractivity contribution in [3.63, 3.8) is 0 Å². The highest BCUT2D eigenvalue weighted by Crippen LogP contribution is 2.31. The van der Waals surface area contributed by atoms with E-state index in [9.17, 15) is 0 Å². The molecule has 1 fully saturated rings. The Morgan fingerprint density at radius 1 is 1.32 bits per heavy atom. The summed E-state index contributed by atoms with van der Waals surface area (Å²) in [5, 5.41) is 4.51. The lowest BCUT2D eigenvalue weighted by molar-refractivity contribution is 0.247. The number of hydrogen-bond acceptors (Lipinski definition) is 3. The SMILES string of the molecule is CCN(Cc1oc2ccccc2c1CNC)C1CC1. The van der Waals surface area contributed by atoms with E-state index in [1.807, 2.05) is 13.1 Å². The van der Waals surface area contributed by atoms with Crippen LogP contribution in [0.1, 0.15) is 31.1 Å². The third kappa shape index (κ3) is 2.53. The second-order valence-corrected chi connectivity index (χ2v) is 5.32. The zero-order valence-electron chi connectivity index (χ0n) is 11.8. The number of nitrogens with one attached hydrogen (secondary N) is 1. The van der Waals surface area contributed by atoms with Crippen LogP contribution in [0.15, 0.2) is 28.7 Å². The number of fused-ring (bicyclic) bond motifs is 1. The predicted octanol–water partition coefficient (Wildman–Crippen LogP) is 3.14. The van der Waals surface area contributed by atoms with Crippen LogP contribution < -0.4 is 5.32 Å². The van der Waals surface area contributed by atoms with E-state index < -0.39 is 0 Å².